The lowest BCUT2D eigenvalue weighted by molar-refractivity contribution is -0.117. The Hall–Kier alpha value is -3.12. The zero-order valence-electron chi connectivity index (χ0n) is 18.1. The van der Waals surface area contributed by atoms with Crippen LogP contribution in [0.25, 0.3) is 16.7 Å². The van der Waals surface area contributed by atoms with Crippen LogP contribution in [0, 0.1) is 6.92 Å². The molecule has 0 aliphatic rings. The first-order valence-electron chi connectivity index (χ1n) is 10.1. The molecule has 31 heavy (non-hydrogen) atoms. The average molecular weight is 434 g/mol. The lowest BCUT2D eigenvalue weighted by Crippen LogP contribution is -2.18. The van der Waals surface area contributed by atoms with Gasteiger partial charge in [-0.15, -0.1) is 4.80 Å². The zero-order valence-corrected chi connectivity index (χ0v) is 18.8. The van der Waals surface area contributed by atoms with Crippen LogP contribution in [0.3, 0.4) is 0 Å². The summed E-state index contributed by atoms with van der Waals surface area (Å²) in [6, 6.07) is 8.00. The normalized spacial score (nSPS) is 11.8. The van der Waals surface area contributed by atoms with Gasteiger partial charge in [-0.1, -0.05) is 44.0 Å². The molecule has 4 rings (SSSR count). The summed E-state index contributed by atoms with van der Waals surface area (Å²) in [5.74, 6) is 0.522. The van der Waals surface area contributed by atoms with E-state index in [1.54, 1.807) is 24.7 Å². The Morgan fingerprint density at radius 1 is 1.03 bits per heavy atom. The SMILES string of the molecule is Cc1ccc2ncc(CC(=O)Cc3cnc(-n4nccn4)c(Cl)c3)c(C(C)(C)C)c2c1. The van der Waals surface area contributed by atoms with Crippen molar-refractivity contribution in [3.05, 3.63) is 76.3 Å². The number of carbonyl (C=O) groups is 1. The molecule has 3 aromatic heterocycles. The lowest BCUT2D eigenvalue weighted by Gasteiger charge is -2.25. The molecule has 0 fully saturated rings. The molecule has 0 saturated heterocycles. The summed E-state index contributed by atoms with van der Waals surface area (Å²) in [5, 5.41) is 9.60. The van der Waals surface area contributed by atoms with Crippen LogP contribution < -0.4 is 0 Å². The smallest absolute Gasteiger partial charge is 0.193 e. The number of rotatable bonds is 5. The van der Waals surface area contributed by atoms with Gasteiger partial charge in [0.1, 0.15) is 5.78 Å². The molecule has 4 aromatic rings. The Morgan fingerprint density at radius 2 is 1.77 bits per heavy atom. The number of nitrogens with zero attached hydrogens (tertiary/aromatic N) is 5. The van der Waals surface area contributed by atoms with Crippen molar-refractivity contribution in [1.29, 1.82) is 0 Å². The maximum absolute atomic E-state index is 13.0. The summed E-state index contributed by atoms with van der Waals surface area (Å²) in [6.45, 7) is 8.58. The van der Waals surface area contributed by atoms with Crippen LogP contribution in [0.4, 0.5) is 0 Å². The molecule has 0 spiro atoms. The van der Waals surface area contributed by atoms with Gasteiger partial charge >= 0.3 is 0 Å². The largest absolute Gasteiger partial charge is 0.299 e. The van der Waals surface area contributed by atoms with Crippen molar-refractivity contribution >= 4 is 28.3 Å². The Bertz CT molecular complexity index is 1260. The number of hydrogen-bond donors (Lipinski definition) is 0. The number of hydrogen-bond acceptors (Lipinski definition) is 5. The van der Waals surface area contributed by atoms with Gasteiger partial charge in [-0.25, -0.2) is 4.98 Å². The van der Waals surface area contributed by atoms with Gasteiger partial charge in [0.2, 0.25) is 0 Å². The van der Waals surface area contributed by atoms with Gasteiger partial charge in [-0.2, -0.15) is 10.2 Å². The number of Topliss-reactive ketones (excluding diaryl/α,β-unsaturated/α-hetero) is 1. The topological polar surface area (TPSA) is 73.6 Å². The fourth-order valence-corrected chi connectivity index (χ4v) is 4.17. The summed E-state index contributed by atoms with van der Waals surface area (Å²) in [4.78, 5) is 23.3. The molecule has 1 aromatic carbocycles. The standard InChI is InChI=1S/C24H24ClN5O/c1-15-5-6-21-19(9-15)22(24(2,3)4)17(14-26-21)12-18(31)10-16-11-20(25)23(27-13-16)30-28-7-8-29-30/h5-9,11,13-14H,10,12H2,1-4H3. The van der Waals surface area contributed by atoms with Crippen LogP contribution in [0.15, 0.2) is 49.1 Å². The number of ketones is 1. The highest BCUT2D eigenvalue weighted by Gasteiger charge is 2.23. The molecular formula is C24H24ClN5O. The van der Waals surface area contributed by atoms with Crippen molar-refractivity contribution in [3.8, 4) is 5.82 Å². The minimum atomic E-state index is -0.117. The zero-order chi connectivity index (χ0) is 22.2. The molecule has 6 nitrogen and oxygen atoms in total. The number of aromatic nitrogens is 5. The summed E-state index contributed by atoms with van der Waals surface area (Å²) < 4.78 is 0. The molecule has 0 aliphatic carbocycles. The minimum absolute atomic E-state index is 0.0853. The molecule has 0 bridgehead atoms. The van der Waals surface area contributed by atoms with Crippen molar-refractivity contribution in [3.63, 3.8) is 0 Å². The van der Waals surface area contributed by atoms with E-state index in [1.165, 1.54) is 15.9 Å². The number of fused-ring (bicyclic) bond motifs is 1. The Morgan fingerprint density at radius 3 is 2.45 bits per heavy atom. The van der Waals surface area contributed by atoms with Crippen LogP contribution in [-0.4, -0.2) is 30.7 Å². The second kappa shape index (κ2) is 8.19. The van der Waals surface area contributed by atoms with Gasteiger partial charge in [0, 0.05) is 30.6 Å². The first-order valence-corrected chi connectivity index (χ1v) is 10.5. The monoisotopic (exact) mass is 433 g/mol. The molecule has 0 amide bonds. The predicted octanol–water partition coefficient (Wildman–Crippen LogP) is 4.82. The van der Waals surface area contributed by atoms with Gasteiger partial charge < -0.3 is 0 Å². The number of halogens is 1. The molecule has 158 valence electrons. The third kappa shape index (κ3) is 4.49. The van der Waals surface area contributed by atoms with Crippen LogP contribution in [-0.2, 0) is 23.1 Å². The Kier molecular flexibility index (Phi) is 5.58. The van der Waals surface area contributed by atoms with E-state index in [2.05, 4.69) is 60.0 Å². The predicted molar refractivity (Wildman–Crippen MR) is 122 cm³/mol. The molecule has 0 N–H and O–H groups in total. The fourth-order valence-electron chi connectivity index (χ4n) is 3.91. The average Bonchev–Trinajstić information content (AvgIpc) is 3.21. The van der Waals surface area contributed by atoms with Crippen molar-refractivity contribution in [1.82, 2.24) is 25.0 Å². The molecule has 0 aliphatic heterocycles. The quantitative estimate of drug-likeness (QED) is 0.451. The van der Waals surface area contributed by atoms with Gasteiger partial charge in [-0.3, -0.25) is 9.78 Å². The van der Waals surface area contributed by atoms with Crippen LogP contribution >= 0.6 is 11.6 Å². The number of aryl methyl sites for hydroxylation is 1. The third-order valence-corrected chi connectivity index (χ3v) is 5.41. The third-order valence-electron chi connectivity index (χ3n) is 5.13. The van der Waals surface area contributed by atoms with E-state index < -0.39 is 0 Å². The van der Waals surface area contributed by atoms with Crippen LogP contribution in [0.5, 0.6) is 0 Å². The van der Waals surface area contributed by atoms with Gasteiger partial charge in [0.05, 0.1) is 22.9 Å². The molecule has 0 atom stereocenters. The van der Waals surface area contributed by atoms with Gasteiger partial charge in [-0.05, 0) is 47.2 Å². The van der Waals surface area contributed by atoms with E-state index in [0.717, 1.165) is 22.0 Å². The molecule has 7 heteroatoms. The summed E-state index contributed by atoms with van der Waals surface area (Å²) in [6.07, 6.45) is 7.16. The number of carbonyl (C=O) groups excluding carboxylic acids is 1. The maximum atomic E-state index is 13.0. The summed E-state index contributed by atoms with van der Waals surface area (Å²) >= 11 is 6.35. The summed E-state index contributed by atoms with van der Waals surface area (Å²) in [5.41, 5.74) is 4.90. The highest BCUT2D eigenvalue weighted by atomic mass is 35.5. The molecule has 0 radical (unpaired) electrons. The second-order valence-electron chi connectivity index (χ2n) is 8.79. The van der Waals surface area contributed by atoms with Crippen LogP contribution in [0.1, 0.15) is 43.0 Å². The van der Waals surface area contributed by atoms with Crippen molar-refractivity contribution in [2.24, 2.45) is 0 Å². The minimum Gasteiger partial charge on any atom is -0.299 e. The van der Waals surface area contributed by atoms with E-state index in [9.17, 15) is 4.79 Å². The van der Waals surface area contributed by atoms with Crippen LogP contribution in [0.2, 0.25) is 5.02 Å². The van der Waals surface area contributed by atoms with Crippen molar-refractivity contribution in [2.45, 2.75) is 46.0 Å². The highest BCUT2D eigenvalue weighted by molar-refractivity contribution is 6.32. The maximum Gasteiger partial charge on any atom is 0.193 e. The molecular weight excluding hydrogens is 410 g/mol. The first-order chi connectivity index (χ1) is 14.7. The second-order valence-corrected chi connectivity index (χ2v) is 9.20. The number of pyridine rings is 2. The highest BCUT2D eigenvalue weighted by Crippen LogP contribution is 2.33. The Labute approximate surface area is 186 Å². The number of benzene rings is 1. The van der Waals surface area contributed by atoms with Gasteiger partial charge in [0.25, 0.3) is 0 Å². The van der Waals surface area contributed by atoms with E-state index in [0.29, 0.717) is 17.3 Å². The van der Waals surface area contributed by atoms with E-state index in [4.69, 9.17) is 11.6 Å². The van der Waals surface area contributed by atoms with E-state index >= 15 is 0 Å². The lowest BCUT2D eigenvalue weighted by atomic mass is 9.80. The molecule has 3 heterocycles. The fraction of sp³-hybridized carbons (Fsp3) is 0.292. The van der Waals surface area contributed by atoms with E-state index in [1.807, 2.05) is 12.3 Å². The molecule has 0 saturated carbocycles. The van der Waals surface area contributed by atoms with Crippen molar-refractivity contribution < 1.29 is 4.79 Å². The van der Waals surface area contributed by atoms with Crippen molar-refractivity contribution in [2.75, 3.05) is 0 Å². The Balaban J connectivity index is 1.61. The molecule has 0 unspecified atom stereocenters. The van der Waals surface area contributed by atoms with E-state index in [-0.39, 0.29) is 17.6 Å². The summed E-state index contributed by atoms with van der Waals surface area (Å²) in [7, 11) is 0. The first kappa shape index (κ1) is 21.1. The van der Waals surface area contributed by atoms with Gasteiger partial charge in [0.15, 0.2) is 5.82 Å².